The summed E-state index contributed by atoms with van der Waals surface area (Å²) < 4.78 is 15.1. The summed E-state index contributed by atoms with van der Waals surface area (Å²) in [5, 5.41) is 10.3. The number of phenolic OH excluding ortho intramolecular Hbond substituents is 1. The number of carbonyl (C=O) groups is 2. The van der Waals surface area contributed by atoms with Crippen LogP contribution in [0.5, 0.6) is 17.2 Å². The molecule has 0 saturated heterocycles. The number of phenols is 1. The predicted octanol–water partition coefficient (Wildman–Crippen LogP) is 3.53. The Labute approximate surface area is 172 Å². The fraction of sp³-hybridized carbons (Fsp3) is 0.263. The highest BCUT2D eigenvalue weighted by Crippen LogP contribution is 2.33. The quantitative estimate of drug-likeness (QED) is 0.680. The number of esters is 1. The highest BCUT2D eigenvalue weighted by atomic mass is 35.5. The van der Waals surface area contributed by atoms with E-state index < -0.39 is 17.6 Å². The van der Waals surface area contributed by atoms with E-state index in [0.29, 0.717) is 17.1 Å². The van der Waals surface area contributed by atoms with Crippen molar-refractivity contribution in [2.45, 2.75) is 6.54 Å². The number of carbonyl (C=O) groups excluding carboxylic acids is 2. The lowest BCUT2D eigenvalue weighted by atomic mass is 10.1. The fourth-order valence-corrected chi connectivity index (χ4v) is 3.01. The maximum absolute atomic E-state index is 13.0. The molecule has 0 aliphatic carbocycles. The lowest BCUT2D eigenvalue weighted by Gasteiger charge is -2.23. The van der Waals surface area contributed by atoms with Gasteiger partial charge in [-0.25, -0.2) is 0 Å². The molecule has 0 aliphatic heterocycles. The first-order valence-corrected chi connectivity index (χ1v) is 8.81. The van der Waals surface area contributed by atoms with E-state index in [1.165, 1.54) is 38.4 Å². The van der Waals surface area contributed by atoms with Crippen molar-refractivity contribution in [3.8, 4) is 17.2 Å². The molecule has 150 valence electrons. The maximum atomic E-state index is 13.0. The zero-order valence-electron chi connectivity index (χ0n) is 15.5. The van der Waals surface area contributed by atoms with Crippen LogP contribution in [0.15, 0.2) is 30.3 Å². The minimum absolute atomic E-state index is 0.0395. The Hall–Kier alpha value is -2.64. The zero-order valence-corrected chi connectivity index (χ0v) is 17.0. The van der Waals surface area contributed by atoms with Gasteiger partial charge in [-0.15, -0.1) is 0 Å². The number of methoxy groups -OCH3 is 3. The maximum Gasteiger partial charge on any atom is 0.325 e. The Morgan fingerprint density at radius 3 is 2.32 bits per heavy atom. The van der Waals surface area contributed by atoms with Crippen LogP contribution in [0.1, 0.15) is 15.9 Å². The molecular formula is C19H19Cl2NO6. The molecule has 0 heterocycles. The average Bonchev–Trinajstić information content (AvgIpc) is 2.69. The van der Waals surface area contributed by atoms with E-state index in [0.717, 1.165) is 0 Å². The van der Waals surface area contributed by atoms with Crippen LogP contribution in [0.2, 0.25) is 10.0 Å². The molecule has 2 rings (SSSR count). The standard InChI is InChI=1S/C19H19Cl2NO6/c1-26-15-5-4-11(6-16(15)27-2)9-22(10-17(23)28-3)19(25)13-7-12(20)8-14(21)18(13)24/h4-8,24H,9-10H2,1-3H3. The SMILES string of the molecule is COC(=O)CN(Cc1ccc(OC)c(OC)c1)C(=O)c1cc(Cl)cc(Cl)c1O. The summed E-state index contributed by atoms with van der Waals surface area (Å²) in [4.78, 5) is 26.0. The average molecular weight is 428 g/mol. The minimum atomic E-state index is -0.637. The number of nitrogens with zero attached hydrogens (tertiary/aromatic N) is 1. The van der Waals surface area contributed by atoms with Crippen LogP contribution in [0.4, 0.5) is 0 Å². The first kappa shape index (κ1) is 21.7. The van der Waals surface area contributed by atoms with Crippen molar-refractivity contribution in [2.75, 3.05) is 27.9 Å². The van der Waals surface area contributed by atoms with E-state index in [4.69, 9.17) is 32.7 Å². The molecule has 9 heteroatoms. The van der Waals surface area contributed by atoms with Crippen molar-refractivity contribution < 1.29 is 28.9 Å². The highest BCUT2D eigenvalue weighted by Gasteiger charge is 2.24. The van der Waals surface area contributed by atoms with Crippen LogP contribution < -0.4 is 9.47 Å². The normalized spacial score (nSPS) is 10.3. The summed E-state index contributed by atoms with van der Waals surface area (Å²) in [6, 6.07) is 7.69. The van der Waals surface area contributed by atoms with Crippen LogP contribution in [0.25, 0.3) is 0 Å². The summed E-state index contributed by atoms with van der Waals surface area (Å²) in [7, 11) is 4.22. The van der Waals surface area contributed by atoms with Crippen molar-refractivity contribution in [3.05, 3.63) is 51.5 Å². The Balaban J connectivity index is 2.40. The molecule has 2 aromatic carbocycles. The number of hydrogen-bond donors (Lipinski definition) is 1. The summed E-state index contributed by atoms with van der Waals surface area (Å²) in [5.41, 5.74) is 0.546. The molecule has 0 unspecified atom stereocenters. The number of amides is 1. The lowest BCUT2D eigenvalue weighted by molar-refractivity contribution is -0.141. The van der Waals surface area contributed by atoms with Gasteiger partial charge in [0, 0.05) is 11.6 Å². The minimum Gasteiger partial charge on any atom is -0.506 e. The molecule has 0 spiro atoms. The predicted molar refractivity (Wildman–Crippen MR) is 104 cm³/mol. The van der Waals surface area contributed by atoms with E-state index in [1.807, 2.05) is 0 Å². The van der Waals surface area contributed by atoms with E-state index in [1.54, 1.807) is 18.2 Å². The summed E-state index contributed by atoms with van der Waals surface area (Å²) in [5.74, 6) is -0.683. The second-order valence-corrected chi connectivity index (χ2v) is 6.55. The highest BCUT2D eigenvalue weighted by molar-refractivity contribution is 6.36. The van der Waals surface area contributed by atoms with Gasteiger partial charge in [-0.05, 0) is 29.8 Å². The van der Waals surface area contributed by atoms with Crippen molar-refractivity contribution in [1.29, 1.82) is 0 Å². The number of aromatic hydroxyl groups is 1. The van der Waals surface area contributed by atoms with Gasteiger partial charge in [0.2, 0.25) is 0 Å². The number of halogens is 2. The molecule has 7 nitrogen and oxygen atoms in total. The molecule has 1 N–H and O–H groups in total. The van der Waals surface area contributed by atoms with Crippen molar-refractivity contribution in [1.82, 2.24) is 4.90 Å². The molecule has 0 aromatic heterocycles. The molecule has 0 bridgehead atoms. The van der Waals surface area contributed by atoms with Crippen LogP contribution in [-0.4, -0.2) is 49.8 Å². The Morgan fingerprint density at radius 1 is 1.04 bits per heavy atom. The third-order valence-electron chi connectivity index (χ3n) is 3.91. The smallest absolute Gasteiger partial charge is 0.325 e. The first-order chi connectivity index (χ1) is 13.3. The largest absolute Gasteiger partial charge is 0.506 e. The molecule has 1 amide bonds. The van der Waals surface area contributed by atoms with Gasteiger partial charge in [0.05, 0.1) is 31.9 Å². The molecule has 0 aliphatic rings. The Kier molecular flexibility index (Phi) is 7.37. The molecule has 0 atom stereocenters. The van der Waals surface area contributed by atoms with E-state index in [-0.39, 0.29) is 28.7 Å². The van der Waals surface area contributed by atoms with Crippen molar-refractivity contribution in [2.24, 2.45) is 0 Å². The van der Waals surface area contributed by atoms with E-state index in [9.17, 15) is 14.7 Å². The van der Waals surface area contributed by atoms with Crippen LogP contribution >= 0.6 is 23.2 Å². The monoisotopic (exact) mass is 427 g/mol. The number of hydrogen-bond acceptors (Lipinski definition) is 6. The van der Waals surface area contributed by atoms with Crippen molar-refractivity contribution >= 4 is 35.1 Å². The van der Waals surface area contributed by atoms with E-state index in [2.05, 4.69) is 4.74 Å². The van der Waals surface area contributed by atoms with Gasteiger partial charge < -0.3 is 24.2 Å². The third-order valence-corrected chi connectivity index (χ3v) is 4.42. The second-order valence-electron chi connectivity index (χ2n) is 5.71. The van der Waals surface area contributed by atoms with Gasteiger partial charge >= 0.3 is 5.97 Å². The number of rotatable bonds is 7. The van der Waals surface area contributed by atoms with E-state index >= 15 is 0 Å². The second kappa shape index (κ2) is 9.52. The first-order valence-electron chi connectivity index (χ1n) is 8.05. The number of ether oxygens (including phenoxy) is 3. The van der Waals surface area contributed by atoms with Gasteiger partial charge in [0.15, 0.2) is 11.5 Å². The molecule has 0 fully saturated rings. The topological polar surface area (TPSA) is 85.3 Å². The molecule has 0 radical (unpaired) electrons. The van der Waals surface area contributed by atoms with Crippen LogP contribution in [0.3, 0.4) is 0 Å². The summed E-state index contributed by atoms with van der Waals surface area (Å²) >= 11 is 11.9. The van der Waals surface area contributed by atoms with Gasteiger partial charge in [-0.1, -0.05) is 29.3 Å². The molecule has 0 saturated carbocycles. The summed E-state index contributed by atoms with van der Waals surface area (Å²) in [6.45, 7) is -0.300. The zero-order chi connectivity index (χ0) is 20.8. The Bertz CT molecular complexity index is 887. The molecule has 28 heavy (non-hydrogen) atoms. The molecule has 2 aromatic rings. The van der Waals surface area contributed by atoms with Gasteiger partial charge in [-0.3, -0.25) is 9.59 Å². The van der Waals surface area contributed by atoms with Gasteiger partial charge in [0.25, 0.3) is 5.91 Å². The van der Waals surface area contributed by atoms with Crippen molar-refractivity contribution in [3.63, 3.8) is 0 Å². The van der Waals surface area contributed by atoms with Gasteiger partial charge in [0.1, 0.15) is 12.3 Å². The van der Waals surface area contributed by atoms with Crippen LogP contribution in [-0.2, 0) is 16.1 Å². The fourth-order valence-electron chi connectivity index (χ4n) is 2.52. The summed E-state index contributed by atoms with van der Waals surface area (Å²) in [6.07, 6.45) is 0. The molecular weight excluding hydrogens is 409 g/mol. The van der Waals surface area contributed by atoms with Crippen LogP contribution in [0, 0.1) is 0 Å². The van der Waals surface area contributed by atoms with Gasteiger partial charge in [-0.2, -0.15) is 0 Å². The third kappa shape index (κ3) is 4.99. The number of benzene rings is 2. The lowest BCUT2D eigenvalue weighted by Crippen LogP contribution is -2.35. The Morgan fingerprint density at radius 2 is 1.71 bits per heavy atom.